The summed E-state index contributed by atoms with van der Waals surface area (Å²) in [6.07, 6.45) is 1.15. The van der Waals surface area contributed by atoms with Gasteiger partial charge in [-0.2, -0.15) is 0 Å². The van der Waals surface area contributed by atoms with Gasteiger partial charge < -0.3 is 5.32 Å². The molecule has 1 N–H and O–H groups in total. The van der Waals surface area contributed by atoms with Crippen molar-refractivity contribution in [2.75, 3.05) is 15.9 Å². The van der Waals surface area contributed by atoms with Crippen LogP contribution in [0.2, 0.25) is 5.02 Å². The van der Waals surface area contributed by atoms with Crippen LogP contribution in [0.15, 0.2) is 66.7 Å². The van der Waals surface area contributed by atoms with E-state index in [4.69, 9.17) is 11.6 Å². The first-order valence-corrected chi connectivity index (χ1v) is 11.6. The quantitative estimate of drug-likeness (QED) is 0.572. The van der Waals surface area contributed by atoms with Crippen molar-refractivity contribution in [3.8, 4) is 0 Å². The van der Waals surface area contributed by atoms with E-state index in [0.717, 1.165) is 28.6 Å². The summed E-state index contributed by atoms with van der Waals surface area (Å²) < 4.78 is 25.9. The summed E-state index contributed by atoms with van der Waals surface area (Å²) in [6.45, 7) is 4.04. The van der Waals surface area contributed by atoms with Gasteiger partial charge in [-0.15, -0.1) is 0 Å². The molecule has 0 unspecified atom stereocenters. The Kier molecular flexibility index (Phi) is 6.48. The maximum Gasteiger partial charge on any atom is 0.255 e. The van der Waals surface area contributed by atoms with Gasteiger partial charge >= 0.3 is 0 Å². The third-order valence-electron chi connectivity index (χ3n) is 4.68. The monoisotopic (exact) mass is 442 g/mol. The molecule has 1 amide bonds. The number of rotatable bonds is 6. The Balaban J connectivity index is 1.78. The summed E-state index contributed by atoms with van der Waals surface area (Å²) >= 11 is 6.02. The highest BCUT2D eigenvalue weighted by molar-refractivity contribution is 7.92. The van der Waals surface area contributed by atoms with Crippen molar-refractivity contribution >= 4 is 38.9 Å². The molecule has 0 aliphatic rings. The van der Waals surface area contributed by atoms with Crippen LogP contribution in [0.5, 0.6) is 0 Å². The van der Waals surface area contributed by atoms with E-state index in [9.17, 15) is 13.2 Å². The number of halogens is 1. The molecule has 30 heavy (non-hydrogen) atoms. The fourth-order valence-corrected chi connectivity index (χ4v) is 4.09. The second-order valence-electron chi connectivity index (χ2n) is 7.22. The van der Waals surface area contributed by atoms with E-state index < -0.39 is 10.0 Å². The van der Waals surface area contributed by atoms with E-state index in [0.29, 0.717) is 16.3 Å². The summed E-state index contributed by atoms with van der Waals surface area (Å²) in [7, 11) is -3.51. The first-order chi connectivity index (χ1) is 14.1. The highest BCUT2D eigenvalue weighted by Gasteiger charge is 2.18. The van der Waals surface area contributed by atoms with E-state index in [2.05, 4.69) is 5.32 Å². The smallest absolute Gasteiger partial charge is 0.255 e. The van der Waals surface area contributed by atoms with Crippen LogP contribution in [0.1, 0.15) is 27.0 Å². The predicted octanol–water partition coefficient (Wildman–Crippen LogP) is 5.18. The van der Waals surface area contributed by atoms with Gasteiger partial charge in [-0.1, -0.05) is 41.9 Å². The number of sulfonamides is 1. The molecule has 3 rings (SSSR count). The molecule has 0 aliphatic heterocycles. The third kappa shape index (κ3) is 5.40. The first-order valence-electron chi connectivity index (χ1n) is 9.34. The van der Waals surface area contributed by atoms with Gasteiger partial charge in [0.25, 0.3) is 5.91 Å². The van der Waals surface area contributed by atoms with Crippen LogP contribution in [-0.2, 0) is 16.6 Å². The van der Waals surface area contributed by atoms with Crippen LogP contribution in [-0.4, -0.2) is 20.6 Å². The number of nitrogens with zero attached hydrogens (tertiary/aromatic N) is 1. The van der Waals surface area contributed by atoms with E-state index in [1.165, 1.54) is 4.31 Å². The average Bonchev–Trinajstić information content (AvgIpc) is 2.68. The lowest BCUT2D eigenvalue weighted by Gasteiger charge is -2.22. The van der Waals surface area contributed by atoms with Crippen LogP contribution in [0, 0.1) is 13.8 Å². The molecule has 0 radical (unpaired) electrons. The van der Waals surface area contributed by atoms with Crippen molar-refractivity contribution < 1.29 is 13.2 Å². The SMILES string of the molecule is Cc1ccc(C)c(NC(=O)c2ccc(CN(c3cccc(Cl)c3)S(C)(=O)=O)cc2)c1. The van der Waals surface area contributed by atoms with Gasteiger partial charge in [0, 0.05) is 16.3 Å². The van der Waals surface area contributed by atoms with Crippen molar-refractivity contribution in [2.24, 2.45) is 0 Å². The summed E-state index contributed by atoms with van der Waals surface area (Å²) in [6, 6.07) is 19.5. The van der Waals surface area contributed by atoms with Gasteiger partial charge in [0.2, 0.25) is 10.0 Å². The van der Waals surface area contributed by atoms with Gasteiger partial charge in [-0.05, 0) is 66.9 Å². The Morgan fingerprint density at radius 1 is 1.00 bits per heavy atom. The average molecular weight is 443 g/mol. The molecule has 3 aromatic carbocycles. The topological polar surface area (TPSA) is 66.5 Å². The molecule has 0 saturated carbocycles. The Hall–Kier alpha value is -2.83. The first kappa shape index (κ1) is 21.9. The van der Waals surface area contributed by atoms with Gasteiger partial charge in [0.1, 0.15) is 0 Å². The zero-order chi connectivity index (χ0) is 21.9. The lowest BCUT2D eigenvalue weighted by atomic mass is 10.1. The predicted molar refractivity (Wildman–Crippen MR) is 123 cm³/mol. The zero-order valence-electron chi connectivity index (χ0n) is 17.0. The van der Waals surface area contributed by atoms with E-state index in [-0.39, 0.29) is 12.5 Å². The maximum absolute atomic E-state index is 12.6. The van der Waals surface area contributed by atoms with Gasteiger partial charge in [0.15, 0.2) is 0 Å². The minimum Gasteiger partial charge on any atom is -0.322 e. The van der Waals surface area contributed by atoms with Crippen LogP contribution >= 0.6 is 11.6 Å². The van der Waals surface area contributed by atoms with Gasteiger partial charge in [-0.25, -0.2) is 8.42 Å². The van der Waals surface area contributed by atoms with Crippen molar-refractivity contribution in [2.45, 2.75) is 20.4 Å². The van der Waals surface area contributed by atoms with Crippen molar-refractivity contribution in [3.05, 3.63) is 94.0 Å². The number of amides is 1. The molecule has 5 nitrogen and oxygen atoms in total. The van der Waals surface area contributed by atoms with E-state index in [1.54, 1.807) is 48.5 Å². The Morgan fingerprint density at radius 2 is 1.70 bits per heavy atom. The molecule has 7 heteroatoms. The molecule has 0 bridgehead atoms. The standard InChI is InChI=1S/C23H23ClN2O3S/c1-16-7-8-17(2)22(13-16)25-23(27)19-11-9-18(10-12-19)15-26(30(3,28)29)21-6-4-5-20(24)14-21/h4-14H,15H2,1-3H3,(H,25,27). The fraction of sp³-hybridized carbons (Fsp3) is 0.174. The third-order valence-corrected chi connectivity index (χ3v) is 6.06. The molecule has 0 spiro atoms. The molecule has 0 aromatic heterocycles. The van der Waals surface area contributed by atoms with Gasteiger partial charge in [-0.3, -0.25) is 9.10 Å². The number of hydrogen-bond acceptors (Lipinski definition) is 3. The second kappa shape index (κ2) is 8.90. The minimum absolute atomic E-state index is 0.137. The molecule has 0 heterocycles. The molecular formula is C23H23ClN2O3S. The van der Waals surface area contributed by atoms with Crippen LogP contribution in [0.3, 0.4) is 0 Å². The zero-order valence-corrected chi connectivity index (χ0v) is 18.6. The summed E-state index contributed by atoms with van der Waals surface area (Å²) in [4.78, 5) is 12.6. The number of hydrogen-bond donors (Lipinski definition) is 1. The minimum atomic E-state index is -3.51. The Labute approximate surface area is 182 Å². The van der Waals surface area contributed by atoms with Gasteiger partial charge in [0.05, 0.1) is 18.5 Å². The highest BCUT2D eigenvalue weighted by atomic mass is 35.5. The normalized spacial score (nSPS) is 11.2. The number of carbonyl (C=O) groups is 1. The fourth-order valence-electron chi connectivity index (χ4n) is 3.02. The van der Waals surface area contributed by atoms with Crippen molar-refractivity contribution in [1.29, 1.82) is 0 Å². The maximum atomic E-state index is 12.6. The van der Waals surface area contributed by atoms with Crippen LogP contribution in [0.4, 0.5) is 11.4 Å². The molecule has 156 valence electrons. The second-order valence-corrected chi connectivity index (χ2v) is 9.56. The molecule has 0 atom stereocenters. The Bertz CT molecular complexity index is 1180. The van der Waals surface area contributed by atoms with E-state index in [1.807, 2.05) is 32.0 Å². The molecule has 0 fully saturated rings. The molecule has 3 aromatic rings. The molecular weight excluding hydrogens is 420 g/mol. The van der Waals surface area contributed by atoms with Crippen molar-refractivity contribution in [3.63, 3.8) is 0 Å². The van der Waals surface area contributed by atoms with E-state index >= 15 is 0 Å². The molecule has 0 saturated heterocycles. The number of carbonyl (C=O) groups excluding carboxylic acids is 1. The van der Waals surface area contributed by atoms with Crippen LogP contribution < -0.4 is 9.62 Å². The molecule has 0 aliphatic carbocycles. The lowest BCUT2D eigenvalue weighted by Crippen LogP contribution is -2.29. The largest absolute Gasteiger partial charge is 0.322 e. The Morgan fingerprint density at radius 3 is 2.33 bits per heavy atom. The number of benzene rings is 3. The summed E-state index contributed by atoms with van der Waals surface area (Å²) in [5, 5.41) is 3.38. The van der Waals surface area contributed by atoms with Crippen LogP contribution in [0.25, 0.3) is 0 Å². The number of anilines is 2. The van der Waals surface area contributed by atoms with Crippen molar-refractivity contribution in [1.82, 2.24) is 0 Å². The summed E-state index contributed by atoms with van der Waals surface area (Å²) in [5.41, 5.74) is 4.55. The number of nitrogens with one attached hydrogen (secondary N) is 1. The summed E-state index contributed by atoms with van der Waals surface area (Å²) in [5.74, 6) is -0.218. The lowest BCUT2D eigenvalue weighted by molar-refractivity contribution is 0.102. The number of aryl methyl sites for hydroxylation is 2. The highest BCUT2D eigenvalue weighted by Crippen LogP contribution is 2.24.